The number of rotatable bonds is 19. The number of nitrogens with zero attached hydrogens (tertiary/aromatic N) is 3. The van der Waals surface area contributed by atoms with Gasteiger partial charge in [0.05, 0.1) is 24.4 Å². The molecule has 2 aromatic heterocycles. The summed E-state index contributed by atoms with van der Waals surface area (Å²) in [6.45, 7) is 26.3. The second kappa shape index (κ2) is 31.4. The summed E-state index contributed by atoms with van der Waals surface area (Å²) in [4.78, 5) is 37.1. The van der Waals surface area contributed by atoms with Gasteiger partial charge in [-0.1, -0.05) is 40.2 Å². The highest BCUT2D eigenvalue weighted by Gasteiger charge is 2.40. The van der Waals surface area contributed by atoms with Crippen molar-refractivity contribution in [3.8, 4) is 0 Å². The Morgan fingerprint density at radius 1 is 0.655 bits per heavy atom. The van der Waals surface area contributed by atoms with E-state index in [0.29, 0.717) is 50.1 Å². The molecule has 0 radical (unpaired) electrons. The summed E-state index contributed by atoms with van der Waals surface area (Å²) in [7, 11) is 0. The lowest BCUT2D eigenvalue weighted by Crippen LogP contribution is -2.38. The zero-order valence-electron chi connectivity index (χ0n) is 53.9. The Labute approximate surface area is 526 Å². The average Bonchev–Trinajstić information content (AvgIpc) is 4.32. The molecule has 17 heteroatoms. The molecule has 3 N–H and O–H groups in total. The van der Waals surface area contributed by atoms with E-state index in [2.05, 4.69) is 88.7 Å². The van der Waals surface area contributed by atoms with Gasteiger partial charge >= 0.3 is 11.9 Å². The van der Waals surface area contributed by atoms with Crippen molar-refractivity contribution in [3.63, 3.8) is 0 Å². The molecule has 0 spiro atoms. The summed E-state index contributed by atoms with van der Waals surface area (Å²) >= 11 is 3.36. The maximum Gasteiger partial charge on any atom is 0.328 e. The lowest BCUT2D eigenvalue weighted by molar-refractivity contribution is -0.161. The molecule has 2 unspecified atom stereocenters. The highest BCUT2D eigenvalue weighted by molar-refractivity contribution is 9.09. The van der Waals surface area contributed by atoms with Gasteiger partial charge in [0.1, 0.15) is 45.3 Å². The van der Waals surface area contributed by atoms with Crippen LogP contribution in [-0.4, -0.2) is 114 Å². The Balaban J connectivity index is 0.000000187. The number of anilines is 2. The van der Waals surface area contributed by atoms with Crippen LogP contribution in [0.15, 0.2) is 60.7 Å². The molecular weight excluding hydrogens is 1170 g/mol. The fourth-order valence-corrected chi connectivity index (χ4v) is 12.7. The molecule has 0 saturated carbocycles. The van der Waals surface area contributed by atoms with Gasteiger partial charge in [-0.3, -0.25) is 9.69 Å². The first-order valence-corrected chi connectivity index (χ1v) is 33.4. The second-order valence-corrected chi connectivity index (χ2v) is 28.8. The van der Waals surface area contributed by atoms with Gasteiger partial charge in [0.15, 0.2) is 0 Å². The largest absolute Gasteiger partial charge is 0.459 e. The number of likely N-dealkylation sites (tertiary alicyclic amines) is 1. The van der Waals surface area contributed by atoms with Crippen LogP contribution in [0, 0.1) is 11.6 Å². The van der Waals surface area contributed by atoms with E-state index in [4.69, 9.17) is 38.4 Å². The molecule has 4 fully saturated rings. The van der Waals surface area contributed by atoms with Crippen molar-refractivity contribution in [2.45, 2.75) is 242 Å². The predicted octanol–water partition coefficient (Wildman–Crippen LogP) is 14.9. The van der Waals surface area contributed by atoms with Crippen LogP contribution in [0.25, 0.3) is 0 Å². The number of pyridine rings is 2. The molecule has 0 bridgehead atoms. The van der Waals surface area contributed by atoms with E-state index in [9.17, 15) is 18.4 Å². The molecule has 4 aromatic rings. The Bertz CT molecular complexity index is 2860. The number of esters is 2. The van der Waals surface area contributed by atoms with Crippen LogP contribution in [0.5, 0.6) is 0 Å². The van der Waals surface area contributed by atoms with Gasteiger partial charge in [0, 0.05) is 68.5 Å². The zero-order chi connectivity index (χ0) is 62.4. The number of carbonyl (C=O) groups excluding carboxylic acids is 2. The third-order valence-corrected chi connectivity index (χ3v) is 17.8. The minimum absolute atomic E-state index is 0.0150. The quantitative estimate of drug-likeness (QED) is 0.0463. The maximum atomic E-state index is 14.7. The summed E-state index contributed by atoms with van der Waals surface area (Å²) in [6, 6.07) is 17.4. The molecule has 10 rings (SSSR count). The molecule has 0 aliphatic carbocycles. The van der Waals surface area contributed by atoms with E-state index in [1.807, 2.05) is 20.8 Å². The molecule has 0 amide bonds. The average molecular weight is 1270 g/mol. The summed E-state index contributed by atoms with van der Waals surface area (Å²) in [5, 5.41) is 10.5. The van der Waals surface area contributed by atoms with Crippen LogP contribution in [0.1, 0.15) is 227 Å². The van der Waals surface area contributed by atoms with Crippen molar-refractivity contribution >= 4 is 39.5 Å². The number of hydrogen-bond acceptors (Lipinski definition) is 14. The summed E-state index contributed by atoms with van der Waals surface area (Å²) in [5.74, 6) is 0.626. The molecule has 4 saturated heterocycles. The van der Waals surface area contributed by atoms with Gasteiger partial charge in [-0.05, 0) is 261 Å². The Morgan fingerprint density at radius 3 is 1.66 bits per heavy atom. The first-order valence-electron chi connectivity index (χ1n) is 32.5. The van der Waals surface area contributed by atoms with Gasteiger partial charge in [0.25, 0.3) is 0 Å². The first kappa shape index (κ1) is 68.3. The van der Waals surface area contributed by atoms with Crippen molar-refractivity contribution in [2.24, 2.45) is 0 Å². The number of unbranched alkanes of at least 4 members (excludes halogenated alkanes) is 2. The Morgan fingerprint density at radius 2 is 1.16 bits per heavy atom. The number of halogens is 3. The molecular formula is C70H101BrF2N6O8. The molecule has 6 aliphatic rings. The Hall–Kier alpha value is -4.62. The fourth-order valence-electron chi connectivity index (χ4n) is 12.2. The van der Waals surface area contributed by atoms with E-state index in [0.717, 1.165) is 157 Å². The van der Waals surface area contributed by atoms with E-state index >= 15 is 0 Å². The lowest BCUT2D eigenvalue weighted by atomic mass is 9.91. The van der Waals surface area contributed by atoms with Crippen LogP contribution >= 0.6 is 15.9 Å². The van der Waals surface area contributed by atoms with E-state index in [-0.39, 0.29) is 47.0 Å². The summed E-state index contributed by atoms with van der Waals surface area (Å²) in [6.07, 6.45) is 18.8. The number of fused-ring (bicyclic) bond motifs is 2. The van der Waals surface area contributed by atoms with Crippen molar-refractivity contribution in [1.82, 2.24) is 20.2 Å². The third kappa shape index (κ3) is 21.2. The van der Waals surface area contributed by atoms with E-state index < -0.39 is 28.0 Å². The van der Waals surface area contributed by atoms with Crippen molar-refractivity contribution in [1.29, 1.82) is 0 Å². The number of benzene rings is 2. The SMILES string of the molecule is CC(C)(C)OC(=O)C(Br)c1cc(F)ccc1[C@@H]1CCCCO1.CC1(C)CCc2ccc(CCCCO[C@@H]3CCN(C(C(=O)OC(C)(C)C)c4cc(F)ccc4[C@@H]4CCCCO4)C3)nc2N1.CC1(C)CCc2ccc(CCCCO[C@@H]3CCNC3)nc2N1. The van der Waals surface area contributed by atoms with Gasteiger partial charge in [-0.15, -0.1) is 0 Å². The number of carbonyl (C=O) groups is 2. The van der Waals surface area contributed by atoms with Crippen molar-refractivity contribution in [2.75, 3.05) is 63.2 Å². The number of ether oxygens (including phenoxy) is 6. The molecule has 14 nitrogen and oxygen atoms in total. The molecule has 6 atom stereocenters. The highest BCUT2D eigenvalue weighted by Crippen LogP contribution is 2.40. The predicted molar refractivity (Wildman–Crippen MR) is 344 cm³/mol. The van der Waals surface area contributed by atoms with Crippen LogP contribution < -0.4 is 16.0 Å². The summed E-state index contributed by atoms with van der Waals surface area (Å²) < 4.78 is 63.6. The van der Waals surface area contributed by atoms with Gasteiger partial charge in [0.2, 0.25) is 0 Å². The number of aryl methyl sites for hydroxylation is 4. The topological polar surface area (TPSA) is 155 Å². The minimum atomic E-state index is -0.710. The van der Waals surface area contributed by atoms with Crippen molar-refractivity contribution in [3.05, 3.63) is 117 Å². The van der Waals surface area contributed by atoms with Crippen LogP contribution in [-0.2, 0) is 63.7 Å². The molecule has 6 aliphatic heterocycles. The van der Waals surface area contributed by atoms with Crippen LogP contribution in [0.4, 0.5) is 20.4 Å². The number of alkyl halides is 1. The maximum absolute atomic E-state index is 14.7. The molecule has 480 valence electrons. The third-order valence-electron chi connectivity index (χ3n) is 16.9. The summed E-state index contributed by atoms with van der Waals surface area (Å²) in [5.41, 5.74) is 6.97. The number of aromatic nitrogens is 2. The molecule has 2 aromatic carbocycles. The van der Waals surface area contributed by atoms with Gasteiger partial charge in [-0.2, -0.15) is 0 Å². The fraction of sp³-hybridized carbons (Fsp3) is 0.657. The smallest absolute Gasteiger partial charge is 0.328 e. The van der Waals surface area contributed by atoms with Gasteiger partial charge < -0.3 is 44.4 Å². The molecule has 8 heterocycles. The van der Waals surface area contributed by atoms with Crippen LogP contribution in [0.2, 0.25) is 0 Å². The monoisotopic (exact) mass is 1270 g/mol. The number of nitrogens with one attached hydrogen (secondary N) is 3. The number of hydrogen-bond donors (Lipinski definition) is 3. The normalized spacial score (nSPS) is 22.4. The van der Waals surface area contributed by atoms with E-state index in [1.54, 1.807) is 32.9 Å². The zero-order valence-corrected chi connectivity index (χ0v) is 55.4. The standard InChI is InChI=1S/C35H50FN3O4.C18H29N3O.C17H22BrFO3/c1-34(2,3)43-33(40)31(29-22-25(36)13-15-28(29)30-11-7-9-21-42-30)39-19-17-27(23-39)41-20-8-6-10-26-14-12-24-16-18-35(4,5)38-32(24)37-26;1-18(2)10-8-14-6-7-15(20-17(14)21-18)5-3-4-12-22-16-9-11-19-13-16;1-17(2,3)22-16(20)15(18)13-10-11(19)7-8-12(13)14-6-4-5-9-21-14/h12-15,22,27,30-31H,6-11,16-21,23H2,1-5H3,(H,37,38);6-7,16,19H,3-5,8-13H2,1-2H3,(H,20,21);7-8,10,14-15H,4-6,9H2,1-3H3/t27-,30+,31?;16-;14-,15?/m110/s1. The van der Waals surface area contributed by atoms with Crippen molar-refractivity contribution < 1.29 is 46.8 Å². The second-order valence-electron chi connectivity index (χ2n) is 27.9. The molecule has 87 heavy (non-hydrogen) atoms. The minimum Gasteiger partial charge on any atom is -0.459 e. The Kier molecular flexibility index (Phi) is 24.7. The van der Waals surface area contributed by atoms with Gasteiger partial charge in [-0.25, -0.2) is 23.5 Å². The van der Waals surface area contributed by atoms with E-state index in [1.165, 1.54) is 47.5 Å². The first-order chi connectivity index (χ1) is 41.4. The highest BCUT2D eigenvalue weighted by atomic mass is 79.9. The van der Waals surface area contributed by atoms with Crippen LogP contribution in [0.3, 0.4) is 0 Å². The lowest BCUT2D eigenvalue weighted by Gasteiger charge is -2.33.